The van der Waals surface area contributed by atoms with Gasteiger partial charge in [0.1, 0.15) is 5.01 Å². The second kappa shape index (κ2) is 7.55. The van der Waals surface area contributed by atoms with E-state index in [9.17, 15) is 4.79 Å². The minimum atomic E-state index is 0.0225. The average molecular weight is 339 g/mol. The van der Waals surface area contributed by atoms with Crippen molar-refractivity contribution in [1.82, 2.24) is 15.2 Å². The number of carbonyl (C=O) groups excluding carboxylic acids is 1. The van der Waals surface area contributed by atoms with Crippen molar-refractivity contribution in [3.63, 3.8) is 0 Å². The van der Waals surface area contributed by atoms with Gasteiger partial charge in [-0.1, -0.05) is 42.5 Å². The van der Waals surface area contributed by atoms with E-state index in [4.69, 9.17) is 0 Å². The number of nitrogens with one attached hydrogen (secondary N) is 1. The van der Waals surface area contributed by atoms with Gasteiger partial charge < -0.3 is 5.32 Å². The highest BCUT2D eigenvalue weighted by Crippen LogP contribution is 2.28. The van der Waals surface area contributed by atoms with Crippen molar-refractivity contribution in [3.05, 3.63) is 65.2 Å². The molecular weight excluding hydrogens is 318 g/mol. The molecule has 1 heterocycles. The number of aromatic nitrogens is 1. The Morgan fingerprint density at radius 3 is 2.62 bits per heavy atom. The highest BCUT2D eigenvalue weighted by molar-refractivity contribution is 7.18. The van der Waals surface area contributed by atoms with Crippen LogP contribution < -0.4 is 5.32 Å². The third-order valence-corrected chi connectivity index (χ3v) is 5.26. The third-order valence-electron chi connectivity index (χ3n) is 4.05. The summed E-state index contributed by atoms with van der Waals surface area (Å²) in [5, 5.41) is 4.00. The zero-order valence-electron chi connectivity index (χ0n) is 13.9. The number of likely N-dealkylation sites (N-methyl/N-ethyl adjacent to an activating group) is 1. The highest BCUT2D eigenvalue weighted by Gasteiger charge is 2.18. The lowest BCUT2D eigenvalue weighted by Gasteiger charge is -2.22. The normalized spacial score (nSPS) is 12.5. The summed E-state index contributed by atoms with van der Waals surface area (Å²) in [6.07, 6.45) is 0. The van der Waals surface area contributed by atoms with E-state index in [1.807, 2.05) is 60.5 Å². The van der Waals surface area contributed by atoms with Crippen molar-refractivity contribution in [2.24, 2.45) is 0 Å². The van der Waals surface area contributed by atoms with Gasteiger partial charge in [-0.25, -0.2) is 4.98 Å². The Hall–Kier alpha value is -2.24. The van der Waals surface area contributed by atoms with E-state index in [0.29, 0.717) is 13.1 Å². The van der Waals surface area contributed by atoms with Crippen LogP contribution in [-0.2, 0) is 11.3 Å². The molecule has 0 bridgehead atoms. The van der Waals surface area contributed by atoms with Gasteiger partial charge >= 0.3 is 0 Å². The summed E-state index contributed by atoms with van der Waals surface area (Å²) in [7, 11) is 1.96. The van der Waals surface area contributed by atoms with Crippen LogP contribution in [0.1, 0.15) is 23.5 Å². The van der Waals surface area contributed by atoms with Crippen LogP contribution in [-0.4, -0.2) is 29.4 Å². The number of carbonyl (C=O) groups is 1. The maximum Gasteiger partial charge on any atom is 0.234 e. The van der Waals surface area contributed by atoms with Crippen LogP contribution in [0.2, 0.25) is 0 Å². The van der Waals surface area contributed by atoms with Crippen molar-refractivity contribution >= 4 is 27.5 Å². The molecule has 3 rings (SSSR count). The number of hydrogen-bond donors (Lipinski definition) is 1. The number of rotatable bonds is 6. The quantitative estimate of drug-likeness (QED) is 0.746. The number of thiazole rings is 1. The molecule has 5 heteroatoms. The van der Waals surface area contributed by atoms with Gasteiger partial charge in [-0.15, -0.1) is 11.3 Å². The van der Waals surface area contributed by atoms with Gasteiger partial charge in [0.2, 0.25) is 5.91 Å². The van der Waals surface area contributed by atoms with E-state index >= 15 is 0 Å². The van der Waals surface area contributed by atoms with Crippen molar-refractivity contribution in [1.29, 1.82) is 0 Å². The van der Waals surface area contributed by atoms with E-state index in [1.54, 1.807) is 11.3 Å². The topological polar surface area (TPSA) is 45.2 Å². The Kier molecular flexibility index (Phi) is 5.23. The lowest BCUT2D eigenvalue weighted by Crippen LogP contribution is -2.36. The van der Waals surface area contributed by atoms with Crippen molar-refractivity contribution in [2.75, 3.05) is 13.6 Å². The molecule has 0 fully saturated rings. The van der Waals surface area contributed by atoms with Crippen LogP contribution in [0.3, 0.4) is 0 Å². The van der Waals surface area contributed by atoms with Crippen molar-refractivity contribution < 1.29 is 4.79 Å². The Labute approximate surface area is 146 Å². The van der Waals surface area contributed by atoms with E-state index in [0.717, 1.165) is 16.1 Å². The molecule has 0 aliphatic rings. The number of para-hydroxylation sites is 1. The molecule has 4 nitrogen and oxygen atoms in total. The number of hydrogen-bond acceptors (Lipinski definition) is 4. The zero-order valence-corrected chi connectivity index (χ0v) is 14.7. The first-order valence-corrected chi connectivity index (χ1v) is 8.81. The minimum Gasteiger partial charge on any atom is -0.351 e. The molecule has 0 saturated carbocycles. The van der Waals surface area contributed by atoms with Crippen LogP contribution in [0.15, 0.2) is 54.6 Å². The van der Waals surface area contributed by atoms with E-state index < -0.39 is 0 Å². The maximum absolute atomic E-state index is 12.2. The first-order valence-electron chi connectivity index (χ1n) is 8.00. The standard InChI is InChI=1S/C19H21N3OS/c1-14(19-21-16-10-6-7-11-17(16)24-19)22(2)13-18(23)20-12-15-8-4-3-5-9-15/h3-11,14H,12-13H2,1-2H3,(H,20,23)/t14-/m1/s1. The van der Waals surface area contributed by atoms with Gasteiger partial charge in [-0.3, -0.25) is 9.69 Å². The van der Waals surface area contributed by atoms with E-state index in [1.165, 1.54) is 4.70 Å². The first kappa shape index (κ1) is 16.6. The summed E-state index contributed by atoms with van der Waals surface area (Å²) in [6.45, 7) is 3.00. The van der Waals surface area contributed by atoms with Crippen LogP contribution in [0.4, 0.5) is 0 Å². The van der Waals surface area contributed by atoms with E-state index in [2.05, 4.69) is 23.3 Å². The highest BCUT2D eigenvalue weighted by atomic mass is 32.1. The molecule has 124 valence electrons. The molecule has 0 radical (unpaired) electrons. The molecule has 1 amide bonds. The largest absolute Gasteiger partial charge is 0.351 e. The molecule has 24 heavy (non-hydrogen) atoms. The van der Waals surface area contributed by atoms with Gasteiger partial charge in [0.25, 0.3) is 0 Å². The van der Waals surface area contributed by atoms with Crippen LogP contribution in [0, 0.1) is 0 Å². The Balaban J connectivity index is 1.57. The lowest BCUT2D eigenvalue weighted by atomic mass is 10.2. The number of fused-ring (bicyclic) bond motifs is 1. The molecule has 0 aliphatic carbocycles. The summed E-state index contributed by atoms with van der Waals surface area (Å²) >= 11 is 1.69. The first-order chi connectivity index (χ1) is 11.6. The van der Waals surface area contributed by atoms with Crippen molar-refractivity contribution in [3.8, 4) is 0 Å². The fraction of sp³-hybridized carbons (Fsp3) is 0.263. The summed E-state index contributed by atoms with van der Waals surface area (Å²) in [4.78, 5) is 18.9. The number of benzene rings is 2. The molecule has 1 aromatic heterocycles. The summed E-state index contributed by atoms with van der Waals surface area (Å²) in [5.41, 5.74) is 2.12. The average Bonchev–Trinajstić information content (AvgIpc) is 3.04. The van der Waals surface area contributed by atoms with Crippen LogP contribution >= 0.6 is 11.3 Å². The minimum absolute atomic E-state index is 0.0225. The molecule has 2 aromatic carbocycles. The maximum atomic E-state index is 12.2. The Morgan fingerprint density at radius 2 is 1.88 bits per heavy atom. The third kappa shape index (κ3) is 3.99. The van der Waals surface area contributed by atoms with Gasteiger partial charge in [-0.2, -0.15) is 0 Å². The summed E-state index contributed by atoms with van der Waals surface area (Å²) in [6, 6.07) is 18.2. The Morgan fingerprint density at radius 1 is 1.17 bits per heavy atom. The summed E-state index contributed by atoms with van der Waals surface area (Å²) in [5.74, 6) is 0.0225. The molecule has 0 spiro atoms. The number of nitrogens with zero attached hydrogens (tertiary/aromatic N) is 2. The molecule has 0 aliphatic heterocycles. The van der Waals surface area contributed by atoms with Crippen LogP contribution in [0.5, 0.6) is 0 Å². The fourth-order valence-corrected chi connectivity index (χ4v) is 3.56. The van der Waals surface area contributed by atoms with Crippen LogP contribution in [0.25, 0.3) is 10.2 Å². The second-order valence-electron chi connectivity index (χ2n) is 5.87. The molecule has 0 saturated heterocycles. The summed E-state index contributed by atoms with van der Waals surface area (Å²) < 4.78 is 1.18. The fourth-order valence-electron chi connectivity index (χ4n) is 2.47. The predicted molar refractivity (Wildman–Crippen MR) is 99.0 cm³/mol. The van der Waals surface area contributed by atoms with Crippen molar-refractivity contribution in [2.45, 2.75) is 19.5 Å². The monoisotopic (exact) mass is 339 g/mol. The van der Waals surface area contributed by atoms with Gasteiger partial charge in [0.05, 0.1) is 22.8 Å². The molecular formula is C19H21N3OS. The molecule has 3 aromatic rings. The zero-order chi connectivity index (χ0) is 16.9. The predicted octanol–water partition coefficient (Wildman–Crippen LogP) is 3.61. The lowest BCUT2D eigenvalue weighted by molar-refractivity contribution is -0.122. The van der Waals surface area contributed by atoms with Gasteiger partial charge in [-0.05, 0) is 31.7 Å². The molecule has 0 unspecified atom stereocenters. The Bertz CT molecular complexity index is 783. The van der Waals surface area contributed by atoms with Gasteiger partial charge in [0.15, 0.2) is 0 Å². The number of amides is 1. The van der Waals surface area contributed by atoms with Gasteiger partial charge in [0, 0.05) is 6.54 Å². The second-order valence-corrected chi connectivity index (χ2v) is 6.94. The molecule has 1 atom stereocenters. The van der Waals surface area contributed by atoms with E-state index in [-0.39, 0.29) is 11.9 Å². The molecule has 1 N–H and O–H groups in total. The SMILES string of the molecule is C[C@H](c1nc2ccccc2s1)N(C)CC(=O)NCc1ccccc1. The smallest absolute Gasteiger partial charge is 0.234 e.